The van der Waals surface area contributed by atoms with Crippen molar-refractivity contribution in [3.63, 3.8) is 0 Å². The minimum atomic E-state index is -0.665. The van der Waals surface area contributed by atoms with Gasteiger partial charge in [0, 0.05) is 12.0 Å². The lowest BCUT2D eigenvalue weighted by molar-refractivity contribution is -0.142. The molecule has 16 heavy (non-hydrogen) atoms. The largest absolute Gasteiger partial charge is 0.493 e. The summed E-state index contributed by atoms with van der Waals surface area (Å²) in [5.41, 5.74) is 6.48. The maximum Gasteiger partial charge on any atom is 0.307 e. The van der Waals surface area contributed by atoms with E-state index in [1.807, 2.05) is 24.3 Å². The summed E-state index contributed by atoms with van der Waals surface area (Å²) in [6.45, 7) is 0.532. The lowest BCUT2D eigenvalue weighted by Gasteiger charge is -2.34. The third-order valence-electron chi connectivity index (χ3n) is 2.92. The quantitative estimate of drug-likeness (QED) is 0.762. The lowest BCUT2D eigenvalue weighted by Crippen LogP contribution is -2.43. The SMILES string of the molecule is COC(=O)C[C@@]1(N)CCOc2ccccc21. The number of carbonyl (C=O) groups excluding carboxylic acids is 1. The van der Waals surface area contributed by atoms with Gasteiger partial charge in [-0.2, -0.15) is 0 Å². The molecule has 1 aromatic rings. The molecule has 0 spiro atoms. The Morgan fingerprint density at radius 1 is 1.56 bits per heavy atom. The van der Waals surface area contributed by atoms with Crippen LogP contribution in [0.2, 0.25) is 0 Å². The molecule has 0 radical (unpaired) electrons. The monoisotopic (exact) mass is 221 g/mol. The van der Waals surface area contributed by atoms with Crippen LogP contribution < -0.4 is 10.5 Å². The molecule has 4 heteroatoms. The fourth-order valence-electron chi connectivity index (χ4n) is 1.99. The Kier molecular flexibility index (Phi) is 2.83. The Balaban J connectivity index is 2.32. The summed E-state index contributed by atoms with van der Waals surface area (Å²) in [5, 5.41) is 0. The van der Waals surface area contributed by atoms with E-state index in [2.05, 4.69) is 4.74 Å². The van der Waals surface area contributed by atoms with Crippen molar-refractivity contribution in [2.45, 2.75) is 18.4 Å². The van der Waals surface area contributed by atoms with Crippen LogP contribution in [0.5, 0.6) is 5.75 Å². The van der Waals surface area contributed by atoms with Crippen LogP contribution in [0.1, 0.15) is 18.4 Å². The Bertz CT molecular complexity index is 405. The zero-order valence-corrected chi connectivity index (χ0v) is 9.23. The minimum Gasteiger partial charge on any atom is -0.493 e. The van der Waals surface area contributed by atoms with Gasteiger partial charge in [-0.1, -0.05) is 18.2 Å². The van der Waals surface area contributed by atoms with Crippen molar-refractivity contribution in [3.8, 4) is 5.75 Å². The highest BCUT2D eigenvalue weighted by Gasteiger charge is 2.36. The molecule has 0 saturated carbocycles. The van der Waals surface area contributed by atoms with Crippen LogP contribution in [0.3, 0.4) is 0 Å². The molecule has 0 aliphatic carbocycles. The van der Waals surface area contributed by atoms with Gasteiger partial charge < -0.3 is 15.2 Å². The van der Waals surface area contributed by atoms with Crippen molar-refractivity contribution < 1.29 is 14.3 Å². The molecular weight excluding hydrogens is 206 g/mol. The van der Waals surface area contributed by atoms with Gasteiger partial charge in [-0.3, -0.25) is 4.79 Å². The summed E-state index contributed by atoms with van der Waals surface area (Å²) in [6.07, 6.45) is 0.809. The number of fused-ring (bicyclic) bond motifs is 1. The minimum absolute atomic E-state index is 0.184. The maximum absolute atomic E-state index is 11.4. The van der Waals surface area contributed by atoms with Crippen LogP contribution in [0.25, 0.3) is 0 Å². The van der Waals surface area contributed by atoms with Crippen LogP contribution in [-0.4, -0.2) is 19.7 Å². The summed E-state index contributed by atoms with van der Waals surface area (Å²) in [6, 6.07) is 7.56. The Hall–Kier alpha value is -1.55. The molecular formula is C12H15NO3. The molecule has 0 amide bonds. The molecule has 0 fully saturated rings. The van der Waals surface area contributed by atoms with Gasteiger partial charge in [-0.25, -0.2) is 0 Å². The summed E-state index contributed by atoms with van der Waals surface area (Å²) in [7, 11) is 1.37. The number of para-hydroxylation sites is 1. The second kappa shape index (κ2) is 4.14. The first-order valence-electron chi connectivity index (χ1n) is 5.24. The van der Waals surface area contributed by atoms with Gasteiger partial charge in [0.05, 0.1) is 25.7 Å². The number of hydrogen-bond acceptors (Lipinski definition) is 4. The highest BCUT2D eigenvalue weighted by atomic mass is 16.5. The molecule has 0 saturated heterocycles. The number of methoxy groups -OCH3 is 1. The van der Waals surface area contributed by atoms with Crippen LogP contribution in [0.4, 0.5) is 0 Å². The summed E-state index contributed by atoms with van der Waals surface area (Å²) in [4.78, 5) is 11.4. The molecule has 1 aromatic carbocycles. The van der Waals surface area contributed by atoms with Gasteiger partial charge in [0.2, 0.25) is 0 Å². The Labute approximate surface area is 94.3 Å². The zero-order valence-electron chi connectivity index (χ0n) is 9.23. The van der Waals surface area contributed by atoms with Crippen LogP contribution in [0.15, 0.2) is 24.3 Å². The Morgan fingerprint density at radius 3 is 3.06 bits per heavy atom. The van der Waals surface area contributed by atoms with E-state index in [0.29, 0.717) is 13.0 Å². The van der Waals surface area contributed by atoms with Crippen LogP contribution >= 0.6 is 0 Å². The molecule has 0 aromatic heterocycles. The second-order valence-electron chi connectivity index (χ2n) is 4.00. The van der Waals surface area contributed by atoms with E-state index >= 15 is 0 Å². The van der Waals surface area contributed by atoms with Crippen molar-refractivity contribution >= 4 is 5.97 Å². The first-order valence-corrected chi connectivity index (χ1v) is 5.24. The second-order valence-corrected chi connectivity index (χ2v) is 4.00. The fraction of sp³-hybridized carbons (Fsp3) is 0.417. The average molecular weight is 221 g/mol. The molecule has 1 aliphatic rings. The highest BCUT2D eigenvalue weighted by Crippen LogP contribution is 2.37. The van der Waals surface area contributed by atoms with Gasteiger partial charge in [-0.15, -0.1) is 0 Å². The van der Waals surface area contributed by atoms with Crippen molar-refractivity contribution in [2.24, 2.45) is 5.73 Å². The topological polar surface area (TPSA) is 61.5 Å². The normalized spacial score (nSPS) is 23.1. The van der Waals surface area contributed by atoms with E-state index in [-0.39, 0.29) is 12.4 Å². The summed E-state index contributed by atoms with van der Waals surface area (Å²) >= 11 is 0. The zero-order chi connectivity index (χ0) is 11.6. The summed E-state index contributed by atoms with van der Waals surface area (Å²) in [5.74, 6) is 0.472. The molecule has 1 aliphatic heterocycles. The van der Waals surface area contributed by atoms with E-state index < -0.39 is 5.54 Å². The van der Waals surface area contributed by atoms with Crippen LogP contribution in [-0.2, 0) is 15.1 Å². The molecule has 2 N–H and O–H groups in total. The van der Waals surface area contributed by atoms with Gasteiger partial charge in [0.1, 0.15) is 5.75 Å². The smallest absolute Gasteiger partial charge is 0.307 e. The standard InChI is InChI=1S/C12H15NO3/c1-15-11(14)8-12(13)6-7-16-10-5-3-2-4-9(10)12/h2-5H,6-8,13H2,1H3/t12-/m0/s1. The molecule has 1 heterocycles. The van der Waals surface area contributed by atoms with E-state index in [1.165, 1.54) is 7.11 Å². The third-order valence-corrected chi connectivity index (χ3v) is 2.92. The first-order chi connectivity index (χ1) is 7.65. The number of ether oxygens (including phenoxy) is 2. The third kappa shape index (κ3) is 1.88. The van der Waals surface area contributed by atoms with E-state index in [9.17, 15) is 4.79 Å². The van der Waals surface area contributed by atoms with Crippen molar-refractivity contribution in [2.75, 3.05) is 13.7 Å². The molecule has 4 nitrogen and oxygen atoms in total. The highest BCUT2D eigenvalue weighted by molar-refractivity contribution is 5.71. The average Bonchev–Trinajstić information content (AvgIpc) is 2.29. The Morgan fingerprint density at radius 2 is 2.31 bits per heavy atom. The van der Waals surface area contributed by atoms with E-state index in [4.69, 9.17) is 10.5 Å². The van der Waals surface area contributed by atoms with Crippen molar-refractivity contribution in [3.05, 3.63) is 29.8 Å². The number of benzene rings is 1. The van der Waals surface area contributed by atoms with Gasteiger partial charge in [-0.05, 0) is 6.07 Å². The number of carbonyl (C=O) groups is 1. The van der Waals surface area contributed by atoms with Gasteiger partial charge in [0.15, 0.2) is 0 Å². The van der Waals surface area contributed by atoms with E-state index in [0.717, 1.165) is 11.3 Å². The molecule has 0 unspecified atom stereocenters. The number of nitrogens with two attached hydrogens (primary N) is 1. The maximum atomic E-state index is 11.4. The molecule has 0 bridgehead atoms. The molecule has 2 rings (SSSR count). The number of hydrogen-bond donors (Lipinski definition) is 1. The molecule has 1 atom stereocenters. The first kappa shape index (κ1) is 11.0. The van der Waals surface area contributed by atoms with Crippen molar-refractivity contribution in [1.29, 1.82) is 0 Å². The van der Waals surface area contributed by atoms with Gasteiger partial charge in [0.25, 0.3) is 0 Å². The predicted molar refractivity (Wildman–Crippen MR) is 59.1 cm³/mol. The molecule has 86 valence electrons. The predicted octanol–water partition coefficient (Wildman–Crippen LogP) is 1.19. The van der Waals surface area contributed by atoms with Crippen LogP contribution in [0, 0.1) is 0 Å². The van der Waals surface area contributed by atoms with E-state index in [1.54, 1.807) is 0 Å². The number of esters is 1. The summed E-state index contributed by atoms with van der Waals surface area (Å²) < 4.78 is 10.2. The van der Waals surface area contributed by atoms with Gasteiger partial charge >= 0.3 is 5.97 Å². The lowest BCUT2D eigenvalue weighted by atomic mass is 9.83. The van der Waals surface area contributed by atoms with Crippen molar-refractivity contribution in [1.82, 2.24) is 0 Å². The number of rotatable bonds is 2. The fourth-order valence-corrected chi connectivity index (χ4v) is 1.99.